The Kier molecular flexibility index (Phi) is 11.4. The van der Waals surface area contributed by atoms with Crippen molar-refractivity contribution in [3.05, 3.63) is 12.7 Å². The Morgan fingerprint density at radius 1 is 1.00 bits per heavy atom. The Morgan fingerprint density at radius 3 is 2.38 bits per heavy atom. The van der Waals surface area contributed by atoms with Crippen LogP contribution in [0.5, 0.6) is 0 Å². The van der Waals surface area contributed by atoms with Crippen LogP contribution in [0.2, 0.25) is 0 Å². The molecule has 0 rings (SSSR count). The highest BCUT2D eigenvalue weighted by Gasteiger charge is 1.88. The number of unbranched alkanes of at least 4 members (excludes halogenated alkanes) is 4. The van der Waals surface area contributed by atoms with Gasteiger partial charge in [-0.15, -0.1) is 6.58 Å². The third-order valence-corrected chi connectivity index (χ3v) is 1.96. The zero-order valence-corrected chi connectivity index (χ0v) is 8.94. The topological polar surface area (TPSA) is 24.1 Å². The fourth-order valence-corrected chi connectivity index (χ4v) is 1.16. The van der Waals surface area contributed by atoms with E-state index in [1.807, 2.05) is 6.08 Å². The van der Waals surface area contributed by atoms with Crippen LogP contribution >= 0.6 is 0 Å². The summed E-state index contributed by atoms with van der Waals surface area (Å²) in [4.78, 5) is 0. The first kappa shape index (κ1) is 12.7. The fourth-order valence-electron chi connectivity index (χ4n) is 1.16. The van der Waals surface area contributed by atoms with Gasteiger partial charge in [0.05, 0.1) is 0 Å². The van der Waals surface area contributed by atoms with Crippen molar-refractivity contribution in [2.24, 2.45) is 0 Å². The summed E-state index contributed by atoms with van der Waals surface area (Å²) >= 11 is 0. The normalized spacial score (nSPS) is 10.2. The van der Waals surface area contributed by atoms with Gasteiger partial charge in [0, 0.05) is 13.1 Å². The Labute approximate surface area is 82.8 Å². The van der Waals surface area contributed by atoms with Crippen LogP contribution in [0.15, 0.2) is 12.7 Å². The summed E-state index contributed by atoms with van der Waals surface area (Å²) in [5, 5.41) is 0. The highest BCUT2D eigenvalue weighted by Crippen LogP contribution is 2.01. The van der Waals surface area contributed by atoms with Gasteiger partial charge in [-0.3, -0.25) is 10.9 Å². The van der Waals surface area contributed by atoms with Crippen LogP contribution in [-0.4, -0.2) is 13.1 Å². The average molecular weight is 184 g/mol. The zero-order valence-electron chi connectivity index (χ0n) is 8.94. The summed E-state index contributed by atoms with van der Waals surface area (Å²) in [5.41, 5.74) is 6.38. The van der Waals surface area contributed by atoms with Crippen molar-refractivity contribution in [3.8, 4) is 0 Å². The van der Waals surface area contributed by atoms with Crippen molar-refractivity contribution >= 4 is 0 Å². The van der Waals surface area contributed by atoms with Crippen molar-refractivity contribution in [1.29, 1.82) is 0 Å². The minimum atomic E-state index is 1.07. The second-order valence-corrected chi connectivity index (χ2v) is 3.35. The Balaban J connectivity index is 2.79. The van der Waals surface area contributed by atoms with Gasteiger partial charge in [0.25, 0.3) is 0 Å². The van der Waals surface area contributed by atoms with Gasteiger partial charge in [-0.2, -0.15) is 0 Å². The Morgan fingerprint density at radius 2 is 1.69 bits per heavy atom. The Hall–Kier alpha value is -0.340. The van der Waals surface area contributed by atoms with Crippen molar-refractivity contribution in [2.45, 2.75) is 45.4 Å². The van der Waals surface area contributed by atoms with Gasteiger partial charge in [0.1, 0.15) is 0 Å². The second-order valence-electron chi connectivity index (χ2n) is 3.35. The molecule has 0 unspecified atom stereocenters. The van der Waals surface area contributed by atoms with Crippen LogP contribution < -0.4 is 10.9 Å². The molecular formula is C11H24N2. The van der Waals surface area contributed by atoms with E-state index in [0.29, 0.717) is 0 Å². The van der Waals surface area contributed by atoms with E-state index in [4.69, 9.17) is 0 Å². The SMILES string of the molecule is C=CCCCCCCNNCCC. The van der Waals surface area contributed by atoms with Crippen LogP contribution in [0.25, 0.3) is 0 Å². The van der Waals surface area contributed by atoms with E-state index >= 15 is 0 Å². The molecule has 13 heavy (non-hydrogen) atoms. The minimum absolute atomic E-state index is 1.07. The Bertz CT molecular complexity index is 102. The molecule has 0 radical (unpaired) electrons. The molecular weight excluding hydrogens is 160 g/mol. The van der Waals surface area contributed by atoms with Crippen LogP contribution in [0.1, 0.15) is 45.4 Å². The van der Waals surface area contributed by atoms with E-state index in [1.165, 1.54) is 38.5 Å². The summed E-state index contributed by atoms with van der Waals surface area (Å²) < 4.78 is 0. The molecule has 2 heteroatoms. The first-order valence-electron chi connectivity index (χ1n) is 5.48. The smallest absolute Gasteiger partial charge is 0.00997 e. The van der Waals surface area contributed by atoms with Gasteiger partial charge in [0.15, 0.2) is 0 Å². The lowest BCUT2D eigenvalue weighted by molar-refractivity contribution is 0.502. The van der Waals surface area contributed by atoms with Crippen molar-refractivity contribution in [1.82, 2.24) is 10.9 Å². The first-order chi connectivity index (χ1) is 6.41. The first-order valence-corrected chi connectivity index (χ1v) is 5.48. The van der Waals surface area contributed by atoms with E-state index < -0.39 is 0 Å². The third kappa shape index (κ3) is 11.7. The van der Waals surface area contributed by atoms with Crippen molar-refractivity contribution in [3.63, 3.8) is 0 Å². The second kappa shape index (κ2) is 11.7. The number of hydrogen-bond acceptors (Lipinski definition) is 2. The molecule has 0 aromatic rings. The third-order valence-electron chi connectivity index (χ3n) is 1.96. The molecule has 0 amide bonds. The number of allylic oxidation sites excluding steroid dienone is 1. The predicted molar refractivity (Wildman–Crippen MR) is 59.6 cm³/mol. The lowest BCUT2D eigenvalue weighted by Gasteiger charge is -2.04. The maximum Gasteiger partial charge on any atom is 0.00997 e. The molecule has 0 aliphatic carbocycles. The molecule has 78 valence electrons. The molecule has 2 nitrogen and oxygen atoms in total. The van der Waals surface area contributed by atoms with Crippen LogP contribution in [0.3, 0.4) is 0 Å². The molecule has 0 bridgehead atoms. The average Bonchev–Trinajstić information content (AvgIpc) is 2.16. The molecule has 0 heterocycles. The lowest BCUT2D eigenvalue weighted by Crippen LogP contribution is -2.32. The maximum atomic E-state index is 3.71. The summed E-state index contributed by atoms with van der Waals surface area (Å²) in [6.45, 7) is 8.03. The molecule has 0 atom stereocenters. The van der Waals surface area contributed by atoms with Gasteiger partial charge in [-0.1, -0.05) is 25.8 Å². The van der Waals surface area contributed by atoms with Gasteiger partial charge >= 0.3 is 0 Å². The van der Waals surface area contributed by atoms with Gasteiger partial charge in [0.2, 0.25) is 0 Å². The highest BCUT2D eigenvalue weighted by molar-refractivity contribution is 4.65. The van der Waals surface area contributed by atoms with E-state index in [-0.39, 0.29) is 0 Å². The number of nitrogens with one attached hydrogen (secondary N) is 2. The van der Waals surface area contributed by atoms with E-state index in [2.05, 4.69) is 24.4 Å². The van der Waals surface area contributed by atoms with E-state index in [1.54, 1.807) is 0 Å². The van der Waals surface area contributed by atoms with Crippen molar-refractivity contribution in [2.75, 3.05) is 13.1 Å². The quantitative estimate of drug-likeness (QED) is 0.310. The summed E-state index contributed by atoms with van der Waals surface area (Å²) in [6.07, 6.45) is 9.59. The number of rotatable bonds is 10. The van der Waals surface area contributed by atoms with Crippen LogP contribution in [0, 0.1) is 0 Å². The highest BCUT2D eigenvalue weighted by atomic mass is 15.3. The molecule has 0 spiro atoms. The predicted octanol–water partition coefficient (Wildman–Crippen LogP) is 2.63. The standard InChI is InChI=1S/C11H24N2/c1-3-5-6-7-8-9-11-13-12-10-4-2/h3,12-13H,1,4-11H2,2H3. The summed E-state index contributed by atoms with van der Waals surface area (Å²) in [5.74, 6) is 0. The largest absolute Gasteiger partial charge is 0.258 e. The van der Waals surface area contributed by atoms with Crippen molar-refractivity contribution < 1.29 is 0 Å². The summed E-state index contributed by atoms with van der Waals surface area (Å²) in [6, 6.07) is 0. The van der Waals surface area contributed by atoms with E-state index in [9.17, 15) is 0 Å². The van der Waals surface area contributed by atoms with E-state index in [0.717, 1.165) is 13.1 Å². The van der Waals surface area contributed by atoms with Gasteiger partial charge in [-0.05, 0) is 25.7 Å². The van der Waals surface area contributed by atoms with Crippen LogP contribution in [-0.2, 0) is 0 Å². The number of hydrogen-bond donors (Lipinski definition) is 2. The maximum absolute atomic E-state index is 3.71. The van der Waals surface area contributed by atoms with Crippen LogP contribution in [0.4, 0.5) is 0 Å². The molecule has 2 N–H and O–H groups in total. The molecule has 0 saturated carbocycles. The molecule has 0 aromatic carbocycles. The summed E-state index contributed by atoms with van der Waals surface area (Å²) in [7, 11) is 0. The molecule has 0 aliphatic heterocycles. The van der Waals surface area contributed by atoms with Gasteiger partial charge < -0.3 is 0 Å². The fraction of sp³-hybridized carbons (Fsp3) is 0.818. The minimum Gasteiger partial charge on any atom is -0.258 e. The van der Waals surface area contributed by atoms with Gasteiger partial charge in [-0.25, -0.2) is 0 Å². The lowest BCUT2D eigenvalue weighted by atomic mass is 10.1. The zero-order chi connectivity index (χ0) is 9.78. The molecule has 0 aliphatic rings. The number of hydrazine groups is 1. The molecule has 0 saturated heterocycles. The molecule has 0 fully saturated rings. The monoisotopic (exact) mass is 184 g/mol. The molecule has 0 aromatic heterocycles.